The molecule has 0 radical (unpaired) electrons. The van der Waals surface area contributed by atoms with Gasteiger partial charge in [0.05, 0.1) is 10.7 Å². The van der Waals surface area contributed by atoms with E-state index in [0.717, 1.165) is 18.0 Å². The Bertz CT molecular complexity index is 517. The zero-order valence-electron chi connectivity index (χ0n) is 11.1. The molecule has 1 aromatic heterocycles. The van der Waals surface area contributed by atoms with Gasteiger partial charge in [0.15, 0.2) is 0 Å². The van der Waals surface area contributed by atoms with Gasteiger partial charge in [0, 0.05) is 23.4 Å². The molecule has 1 unspecified atom stereocenters. The molecule has 1 aliphatic rings. The molecule has 2 N–H and O–H groups in total. The molecule has 1 fully saturated rings. The molecule has 0 aliphatic heterocycles. The zero-order valence-corrected chi connectivity index (χ0v) is 11.9. The van der Waals surface area contributed by atoms with Crippen LogP contribution in [0.4, 0.5) is 0 Å². The van der Waals surface area contributed by atoms with Crippen LogP contribution in [-0.4, -0.2) is 11.0 Å². The minimum atomic E-state index is 0.278. The standard InChI is InChI=1S/C16H20N2S/c17-14(9-12-5-4-6-12)10-16-18-15(11-19-16)13-7-2-1-3-8-13/h1-3,7-8,11-12,14H,4-6,9-10,17H2. The molecule has 0 saturated heterocycles. The summed E-state index contributed by atoms with van der Waals surface area (Å²) >= 11 is 1.73. The van der Waals surface area contributed by atoms with Gasteiger partial charge in [0.25, 0.3) is 0 Å². The Balaban J connectivity index is 1.61. The van der Waals surface area contributed by atoms with Gasteiger partial charge >= 0.3 is 0 Å². The Kier molecular flexibility index (Phi) is 3.95. The molecule has 2 aromatic rings. The largest absolute Gasteiger partial charge is 0.327 e. The fourth-order valence-corrected chi connectivity index (χ4v) is 3.51. The number of thiazole rings is 1. The van der Waals surface area contributed by atoms with Crippen LogP contribution in [0.3, 0.4) is 0 Å². The molecule has 1 aromatic carbocycles. The zero-order chi connectivity index (χ0) is 13.1. The van der Waals surface area contributed by atoms with Gasteiger partial charge in [-0.05, 0) is 12.3 Å². The molecule has 0 amide bonds. The molecular formula is C16H20N2S. The first-order valence-electron chi connectivity index (χ1n) is 7.06. The number of hydrogen-bond donors (Lipinski definition) is 1. The smallest absolute Gasteiger partial charge is 0.0948 e. The van der Waals surface area contributed by atoms with Crippen molar-refractivity contribution in [2.75, 3.05) is 0 Å². The first-order chi connectivity index (χ1) is 9.31. The minimum absolute atomic E-state index is 0.278. The van der Waals surface area contributed by atoms with Gasteiger partial charge in [-0.25, -0.2) is 4.98 Å². The first kappa shape index (κ1) is 12.8. The highest BCUT2D eigenvalue weighted by molar-refractivity contribution is 7.09. The fraction of sp³-hybridized carbons (Fsp3) is 0.438. The van der Waals surface area contributed by atoms with E-state index in [1.165, 1.54) is 36.3 Å². The van der Waals surface area contributed by atoms with Crippen molar-refractivity contribution in [3.8, 4) is 11.3 Å². The number of hydrogen-bond acceptors (Lipinski definition) is 3. The van der Waals surface area contributed by atoms with Gasteiger partial charge in [0.1, 0.15) is 0 Å². The van der Waals surface area contributed by atoms with E-state index >= 15 is 0 Å². The average molecular weight is 272 g/mol. The van der Waals surface area contributed by atoms with Crippen molar-refractivity contribution in [3.63, 3.8) is 0 Å². The lowest BCUT2D eigenvalue weighted by atomic mass is 9.80. The summed E-state index contributed by atoms with van der Waals surface area (Å²) in [5.74, 6) is 0.878. The van der Waals surface area contributed by atoms with Crippen LogP contribution < -0.4 is 5.73 Å². The van der Waals surface area contributed by atoms with E-state index in [4.69, 9.17) is 10.7 Å². The SMILES string of the molecule is NC(Cc1nc(-c2ccccc2)cs1)CC1CCC1. The highest BCUT2D eigenvalue weighted by Gasteiger charge is 2.20. The van der Waals surface area contributed by atoms with E-state index in [1.54, 1.807) is 11.3 Å². The van der Waals surface area contributed by atoms with Crippen molar-refractivity contribution < 1.29 is 0 Å². The van der Waals surface area contributed by atoms with Crippen molar-refractivity contribution in [1.29, 1.82) is 0 Å². The Morgan fingerprint density at radius 1 is 1.26 bits per heavy atom. The van der Waals surface area contributed by atoms with Crippen molar-refractivity contribution in [2.24, 2.45) is 11.7 Å². The van der Waals surface area contributed by atoms with E-state index in [-0.39, 0.29) is 6.04 Å². The number of benzene rings is 1. The number of aromatic nitrogens is 1. The molecule has 3 rings (SSSR count). The summed E-state index contributed by atoms with van der Waals surface area (Å²) in [5, 5.41) is 3.31. The van der Waals surface area contributed by atoms with Crippen LogP contribution >= 0.6 is 11.3 Å². The summed E-state index contributed by atoms with van der Waals surface area (Å²) in [5.41, 5.74) is 8.50. The molecule has 0 bridgehead atoms. The van der Waals surface area contributed by atoms with Crippen molar-refractivity contribution in [1.82, 2.24) is 4.98 Å². The topological polar surface area (TPSA) is 38.9 Å². The van der Waals surface area contributed by atoms with E-state index in [0.29, 0.717) is 0 Å². The second-order valence-electron chi connectivity index (χ2n) is 5.49. The Labute approximate surface area is 118 Å². The Morgan fingerprint density at radius 2 is 2.05 bits per heavy atom. The van der Waals surface area contributed by atoms with Crippen LogP contribution in [0.1, 0.15) is 30.7 Å². The fourth-order valence-electron chi connectivity index (χ4n) is 2.61. The van der Waals surface area contributed by atoms with Gasteiger partial charge < -0.3 is 5.73 Å². The predicted octanol–water partition coefficient (Wildman–Crippen LogP) is 3.87. The summed E-state index contributed by atoms with van der Waals surface area (Å²) in [6, 6.07) is 10.6. The van der Waals surface area contributed by atoms with Crippen LogP contribution in [0.25, 0.3) is 11.3 Å². The normalized spacial score (nSPS) is 17.1. The van der Waals surface area contributed by atoms with Crippen LogP contribution in [0, 0.1) is 5.92 Å². The van der Waals surface area contributed by atoms with Gasteiger partial charge in [-0.2, -0.15) is 0 Å². The summed E-state index contributed by atoms with van der Waals surface area (Å²) in [6.07, 6.45) is 6.24. The van der Waals surface area contributed by atoms with Crippen LogP contribution in [0.15, 0.2) is 35.7 Å². The second-order valence-corrected chi connectivity index (χ2v) is 6.43. The van der Waals surface area contributed by atoms with Crippen molar-refractivity contribution >= 4 is 11.3 Å². The van der Waals surface area contributed by atoms with Gasteiger partial charge in [-0.1, -0.05) is 49.6 Å². The van der Waals surface area contributed by atoms with Crippen molar-refractivity contribution in [2.45, 2.75) is 38.1 Å². The van der Waals surface area contributed by atoms with Crippen LogP contribution in [-0.2, 0) is 6.42 Å². The highest BCUT2D eigenvalue weighted by Crippen LogP contribution is 2.31. The van der Waals surface area contributed by atoms with E-state index in [1.807, 2.05) is 6.07 Å². The molecule has 1 heterocycles. The van der Waals surface area contributed by atoms with E-state index in [9.17, 15) is 0 Å². The summed E-state index contributed by atoms with van der Waals surface area (Å²) < 4.78 is 0. The minimum Gasteiger partial charge on any atom is -0.327 e. The third kappa shape index (κ3) is 3.23. The molecule has 19 heavy (non-hydrogen) atoms. The lowest BCUT2D eigenvalue weighted by molar-refractivity contribution is 0.275. The number of rotatable bonds is 5. The highest BCUT2D eigenvalue weighted by atomic mass is 32.1. The molecule has 1 atom stereocenters. The maximum atomic E-state index is 6.23. The summed E-state index contributed by atoms with van der Waals surface area (Å²) in [6.45, 7) is 0. The summed E-state index contributed by atoms with van der Waals surface area (Å²) in [4.78, 5) is 4.71. The lowest BCUT2D eigenvalue weighted by Gasteiger charge is -2.27. The lowest BCUT2D eigenvalue weighted by Crippen LogP contribution is -2.28. The van der Waals surface area contributed by atoms with Crippen molar-refractivity contribution in [3.05, 3.63) is 40.7 Å². The Morgan fingerprint density at radius 3 is 2.74 bits per heavy atom. The predicted molar refractivity (Wildman–Crippen MR) is 81.2 cm³/mol. The number of nitrogens with two attached hydrogens (primary N) is 1. The average Bonchev–Trinajstić information content (AvgIpc) is 2.83. The maximum Gasteiger partial charge on any atom is 0.0948 e. The maximum absolute atomic E-state index is 6.23. The second kappa shape index (κ2) is 5.85. The molecular weight excluding hydrogens is 252 g/mol. The van der Waals surface area contributed by atoms with E-state index < -0.39 is 0 Å². The molecule has 2 nitrogen and oxygen atoms in total. The molecule has 1 aliphatic carbocycles. The number of nitrogens with zero attached hydrogens (tertiary/aromatic N) is 1. The van der Waals surface area contributed by atoms with Gasteiger partial charge in [0.2, 0.25) is 0 Å². The van der Waals surface area contributed by atoms with Gasteiger partial charge in [-0.3, -0.25) is 0 Å². The van der Waals surface area contributed by atoms with E-state index in [2.05, 4.69) is 29.6 Å². The third-order valence-electron chi connectivity index (χ3n) is 3.92. The van der Waals surface area contributed by atoms with Crippen LogP contribution in [0.5, 0.6) is 0 Å². The summed E-state index contributed by atoms with van der Waals surface area (Å²) in [7, 11) is 0. The molecule has 0 spiro atoms. The van der Waals surface area contributed by atoms with Crippen LogP contribution in [0.2, 0.25) is 0 Å². The first-order valence-corrected chi connectivity index (χ1v) is 7.94. The molecule has 3 heteroatoms. The van der Waals surface area contributed by atoms with Gasteiger partial charge in [-0.15, -0.1) is 11.3 Å². The third-order valence-corrected chi connectivity index (χ3v) is 4.79. The quantitative estimate of drug-likeness (QED) is 0.897. The molecule has 1 saturated carbocycles. The molecule has 100 valence electrons. The monoisotopic (exact) mass is 272 g/mol. The Hall–Kier alpha value is -1.19.